The molecule has 1 atom stereocenters. The summed E-state index contributed by atoms with van der Waals surface area (Å²) < 4.78 is 13.0. The Morgan fingerprint density at radius 1 is 1.50 bits per heavy atom. The number of para-hydroxylation sites is 1. The third kappa shape index (κ3) is 3.53. The number of fused-ring (bicyclic) bond motifs is 1. The predicted molar refractivity (Wildman–Crippen MR) is 90.3 cm³/mol. The minimum absolute atomic E-state index is 0.000797. The zero-order valence-corrected chi connectivity index (χ0v) is 14.1. The smallest absolute Gasteiger partial charge is 0.239 e. The fourth-order valence-corrected chi connectivity index (χ4v) is 3.02. The Morgan fingerprint density at radius 3 is 3.17 bits per heavy atom. The van der Waals surface area contributed by atoms with Gasteiger partial charge in [0.15, 0.2) is 11.5 Å². The maximum atomic E-state index is 12.1. The number of amides is 1. The third-order valence-corrected chi connectivity index (χ3v) is 4.27. The topological polar surface area (TPSA) is 65.4 Å². The molecule has 1 aromatic heterocycles. The van der Waals surface area contributed by atoms with Gasteiger partial charge >= 0.3 is 0 Å². The van der Waals surface area contributed by atoms with E-state index in [4.69, 9.17) is 9.47 Å². The number of carbonyl (C=O) groups excluding carboxylic acids is 1. The lowest BCUT2D eigenvalue weighted by Crippen LogP contribution is -2.36. The summed E-state index contributed by atoms with van der Waals surface area (Å²) in [5, 5.41) is 3.00. The van der Waals surface area contributed by atoms with Crippen molar-refractivity contribution < 1.29 is 14.3 Å². The van der Waals surface area contributed by atoms with Crippen LogP contribution in [0.1, 0.15) is 18.3 Å². The van der Waals surface area contributed by atoms with Crippen molar-refractivity contribution >= 4 is 5.91 Å². The number of benzene rings is 1. The molecule has 1 aliphatic rings. The first kappa shape index (κ1) is 16.4. The monoisotopic (exact) mass is 329 g/mol. The van der Waals surface area contributed by atoms with E-state index in [2.05, 4.69) is 10.3 Å². The standard InChI is InChI=1S/C18H23N3O3/c1-3-16-19-7-8-21(16)11-17(22)20-10-13-9-14-5-4-6-15(23-2)18(14)24-12-13/h4-8,13H,3,9-12H2,1-2H3,(H,20,22)/t13-/m0/s1. The van der Waals surface area contributed by atoms with Gasteiger partial charge in [0.2, 0.25) is 5.91 Å². The van der Waals surface area contributed by atoms with E-state index >= 15 is 0 Å². The summed E-state index contributed by atoms with van der Waals surface area (Å²) >= 11 is 0. The van der Waals surface area contributed by atoms with Gasteiger partial charge in [0.1, 0.15) is 12.4 Å². The first-order valence-electron chi connectivity index (χ1n) is 8.26. The fourth-order valence-electron chi connectivity index (χ4n) is 3.02. The summed E-state index contributed by atoms with van der Waals surface area (Å²) in [5.74, 6) is 2.78. The van der Waals surface area contributed by atoms with Crippen LogP contribution in [-0.2, 0) is 24.2 Å². The zero-order valence-electron chi connectivity index (χ0n) is 14.1. The Bertz CT molecular complexity index is 711. The highest BCUT2D eigenvalue weighted by Gasteiger charge is 2.23. The van der Waals surface area contributed by atoms with Gasteiger partial charge in [0.05, 0.1) is 13.7 Å². The van der Waals surface area contributed by atoms with Crippen LogP contribution in [0.2, 0.25) is 0 Å². The van der Waals surface area contributed by atoms with Crippen LogP contribution in [0.25, 0.3) is 0 Å². The molecule has 1 aliphatic heterocycles. The SMILES string of the molecule is CCc1nccn1CC(=O)NC[C@H]1COc2c(cccc2OC)C1. The molecule has 1 aromatic carbocycles. The van der Waals surface area contributed by atoms with E-state index in [-0.39, 0.29) is 11.8 Å². The van der Waals surface area contributed by atoms with Gasteiger partial charge in [-0.1, -0.05) is 19.1 Å². The summed E-state index contributed by atoms with van der Waals surface area (Å²) in [5.41, 5.74) is 1.13. The Balaban J connectivity index is 1.53. The number of aryl methyl sites for hydroxylation is 1. The van der Waals surface area contributed by atoms with Gasteiger partial charge in [-0.3, -0.25) is 4.79 Å². The number of hydrogen-bond donors (Lipinski definition) is 1. The highest BCUT2D eigenvalue weighted by Crippen LogP contribution is 2.35. The highest BCUT2D eigenvalue weighted by atomic mass is 16.5. The van der Waals surface area contributed by atoms with Gasteiger partial charge in [-0.2, -0.15) is 0 Å². The second kappa shape index (κ2) is 7.38. The molecule has 2 aromatic rings. The van der Waals surface area contributed by atoms with Gasteiger partial charge in [0.25, 0.3) is 0 Å². The number of rotatable bonds is 6. The predicted octanol–water partition coefficient (Wildman–Crippen LogP) is 1.82. The van der Waals surface area contributed by atoms with E-state index in [9.17, 15) is 4.79 Å². The van der Waals surface area contributed by atoms with Crippen LogP contribution in [0.4, 0.5) is 0 Å². The van der Waals surface area contributed by atoms with Crippen molar-refractivity contribution in [2.75, 3.05) is 20.3 Å². The molecule has 1 N–H and O–H groups in total. The van der Waals surface area contributed by atoms with E-state index in [0.29, 0.717) is 19.7 Å². The minimum atomic E-state index is -0.000797. The van der Waals surface area contributed by atoms with Crippen LogP contribution >= 0.6 is 0 Å². The molecule has 0 spiro atoms. The van der Waals surface area contributed by atoms with Gasteiger partial charge < -0.3 is 19.4 Å². The lowest BCUT2D eigenvalue weighted by molar-refractivity contribution is -0.121. The van der Waals surface area contributed by atoms with Crippen molar-refractivity contribution in [1.82, 2.24) is 14.9 Å². The Labute approximate surface area is 141 Å². The number of aromatic nitrogens is 2. The molecule has 128 valence electrons. The molecule has 0 saturated heterocycles. The number of carbonyl (C=O) groups is 1. The van der Waals surface area contributed by atoms with Crippen LogP contribution < -0.4 is 14.8 Å². The number of imidazole rings is 1. The summed E-state index contributed by atoms with van der Waals surface area (Å²) in [6, 6.07) is 5.91. The largest absolute Gasteiger partial charge is 0.493 e. The Kier molecular flexibility index (Phi) is 5.03. The van der Waals surface area contributed by atoms with E-state index in [1.165, 1.54) is 0 Å². The molecule has 3 rings (SSSR count). The van der Waals surface area contributed by atoms with Crippen molar-refractivity contribution in [3.63, 3.8) is 0 Å². The van der Waals surface area contributed by atoms with Crippen molar-refractivity contribution in [3.05, 3.63) is 42.0 Å². The summed E-state index contributed by atoms with van der Waals surface area (Å²) in [6.07, 6.45) is 5.25. The minimum Gasteiger partial charge on any atom is -0.493 e. The molecular formula is C18H23N3O3. The van der Waals surface area contributed by atoms with E-state index in [1.54, 1.807) is 13.3 Å². The Hall–Kier alpha value is -2.50. The van der Waals surface area contributed by atoms with Crippen LogP contribution in [0, 0.1) is 5.92 Å². The number of nitrogens with one attached hydrogen (secondary N) is 1. The lowest BCUT2D eigenvalue weighted by Gasteiger charge is -2.26. The molecule has 0 bridgehead atoms. The first-order chi connectivity index (χ1) is 11.7. The van der Waals surface area contributed by atoms with Crippen molar-refractivity contribution in [2.24, 2.45) is 5.92 Å². The van der Waals surface area contributed by atoms with E-state index in [1.807, 2.05) is 35.9 Å². The molecular weight excluding hydrogens is 306 g/mol. The van der Waals surface area contributed by atoms with E-state index in [0.717, 1.165) is 35.7 Å². The first-order valence-corrected chi connectivity index (χ1v) is 8.26. The maximum Gasteiger partial charge on any atom is 0.239 e. The molecule has 6 heteroatoms. The molecule has 0 radical (unpaired) electrons. The summed E-state index contributed by atoms with van der Waals surface area (Å²) in [6.45, 7) is 3.52. The molecule has 0 saturated carbocycles. The van der Waals surface area contributed by atoms with Crippen LogP contribution in [0.5, 0.6) is 11.5 Å². The normalized spacial score (nSPS) is 16.2. The lowest BCUT2D eigenvalue weighted by atomic mass is 9.96. The zero-order chi connectivity index (χ0) is 16.9. The van der Waals surface area contributed by atoms with E-state index < -0.39 is 0 Å². The van der Waals surface area contributed by atoms with Crippen LogP contribution in [0.15, 0.2) is 30.6 Å². The van der Waals surface area contributed by atoms with Crippen LogP contribution in [-0.4, -0.2) is 35.7 Å². The molecule has 24 heavy (non-hydrogen) atoms. The van der Waals surface area contributed by atoms with Crippen molar-refractivity contribution in [1.29, 1.82) is 0 Å². The molecule has 0 fully saturated rings. The quantitative estimate of drug-likeness (QED) is 0.878. The average molecular weight is 329 g/mol. The Morgan fingerprint density at radius 2 is 2.38 bits per heavy atom. The van der Waals surface area contributed by atoms with Gasteiger partial charge in [0, 0.05) is 31.3 Å². The van der Waals surface area contributed by atoms with Crippen molar-refractivity contribution in [3.8, 4) is 11.5 Å². The number of methoxy groups -OCH3 is 1. The average Bonchev–Trinajstić information content (AvgIpc) is 3.06. The molecule has 1 amide bonds. The van der Waals surface area contributed by atoms with Gasteiger partial charge in [-0.25, -0.2) is 4.98 Å². The molecule has 6 nitrogen and oxygen atoms in total. The molecule has 0 aliphatic carbocycles. The highest BCUT2D eigenvalue weighted by molar-refractivity contribution is 5.75. The van der Waals surface area contributed by atoms with Gasteiger partial charge in [-0.05, 0) is 18.1 Å². The number of ether oxygens (including phenoxy) is 2. The summed E-state index contributed by atoms with van der Waals surface area (Å²) in [7, 11) is 1.64. The van der Waals surface area contributed by atoms with Crippen molar-refractivity contribution in [2.45, 2.75) is 26.3 Å². The van der Waals surface area contributed by atoms with Gasteiger partial charge in [-0.15, -0.1) is 0 Å². The molecule has 2 heterocycles. The molecule has 0 unspecified atom stereocenters. The maximum absolute atomic E-state index is 12.1. The second-order valence-electron chi connectivity index (χ2n) is 5.96. The number of hydrogen-bond acceptors (Lipinski definition) is 4. The fraction of sp³-hybridized carbons (Fsp3) is 0.444. The number of nitrogens with zero attached hydrogens (tertiary/aromatic N) is 2. The third-order valence-electron chi connectivity index (χ3n) is 4.27. The van der Waals surface area contributed by atoms with Crippen LogP contribution in [0.3, 0.4) is 0 Å². The summed E-state index contributed by atoms with van der Waals surface area (Å²) in [4.78, 5) is 16.4. The second-order valence-corrected chi connectivity index (χ2v) is 5.96.